The van der Waals surface area contributed by atoms with Crippen molar-refractivity contribution < 1.29 is 4.79 Å². The monoisotopic (exact) mass is 276 g/mol. The Morgan fingerprint density at radius 1 is 1.25 bits per heavy atom. The fraction of sp³-hybridized carbons (Fsp3) is 0.167. The maximum absolute atomic E-state index is 11.5. The molecule has 0 bridgehead atoms. The zero-order valence-electron chi connectivity index (χ0n) is 8.48. The number of carbonyl (C=O) groups excluding carboxylic acids is 1. The Morgan fingerprint density at radius 2 is 2.00 bits per heavy atom. The lowest BCUT2D eigenvalue weighted by atomic mass is 10.1. The number of hydrogen-bond acceptors (Lipinski definition) is 2. The summed E-state index contributed by atoms with van der Waals surface area (Å²) in [5.74, 6) is 0.191. The lowest BCUT2D eigenvalue weighted by Gasteiger charge is -1.96. The Hall–Kier alpha value is -1.42. The average molecular weight is 277 g/mol. The van der Waals surface area contributed by atoms with Crippen LogP contribution in [0.1, 0.15) is 16.9 Å². The van der Waals surface area contributed by atoms with Gasteiger partial charge in [0.25, 0.3) is 0 Å². The predicted molar refractivity (Wildman–Crippen MR) is 64.3 cm³/mol. The molecular formula is C12H9BrN2O. The van der Waals surface area contributed by atoms with Crippen LogP contribution in [0.15, 0.2) is 34.8 Å². The van der Waals surface area contributed by atoms with Gasteiger partial charge in [0, 0.05) is 23.0 Å². The van der Waals surface area contributed by atoms with Gasteiger partial charge in [-0.05, 0) is 18.2 Å². The number of fused-ring (bicyclic) bond motifs is 1. The molecule has 0 saturated carbocycles. The molecular weight excluding hydrogens is 268 g/mol. The van der Waals surface area contributed by atoms with Crippen molar-refractivity contribution in [3.8, 4) is 11.3 Å². The van der Waals surface area contributed by atoms with E-state index in [9.17, 15) is 4.79 Å². The smallest absolute Gasteiger partial charge is 0.182 e. The number of aromatic nitrogens is 2. The van der Waals surface area contributed by atoms with Gasteiger partial charge in [0.05, 0.1) is 5.69 Å². The van der Waals surface area contributed by atoms with E-state index in [4.69, 9.17) is 0 Å². The van der Waals surface area contributed by atoms with Gasteiger partial charge < -0.3 is 0 Å². The fourth-order valence-corrected chi connectivity index (χ4v) is 2.17. The van der Waals surface area contributed by atoms with Crippen molar-refractivity contribution in [2.45, 2.75) is 13.0 Å². The molecule has 80 valence electrons. The minimum atomic E-state index is 0.191. The van der Waals surface area contributed by atoms with Gasteiger partial charge >= 0.3 is 0 Å². The van der Waals surface area contributed by atoms with Gasteiger partial charge in [-0.3, -0.25) is 9.48 Å². The summed E-state index contributed by atoms with van der Waals surface area (Å²) in [6.45, 7) is 0.713. The molecule has 1 aliphatic heterocycles. The highest BCUT2D eigenvalue weighted by atomic mass is 79.9. The summed E-state index contributed by atoms with van der Waals surface area (Å²) < 4.78 is 2.83. The van der Waals surface area contributed by atoms with Crippen molar-refractivity contribution in [2.24, 2.45) is 0 Å². The van der Waals surface area contributed by atoms with Crippen molar-refractivity contribution in [1.82, 2.24) is 9.78 Å². The van der Waals surface area contributed by atoms with Crippen molar-refractivity contribution in [2.75, 3.05) is 0 Å². The third-order valence-corrected chi connectivity index (χ3v) is 3.28. The first-order valence-corrected chi connectivity index (χ1v) is 5.90. The van der Waals surface area contributed by atoms with E-state index in [1.807, 2.05) is 30.3 Å². The number of nitrogens with zero attached hydrogens (tertiary/aromatic N) is 2. The van der Waals surface area contributed by atoms with Crippen LogP contribution in [0.25, 0.3) is 11.3 Å². The second-order valence-electron chi connectivity index (χ2n) is 3.82. The summed E-state index contributed by atoms with van der Waals surface area (Å²) in [4.78, 5) is 11.5. The van der Waals surface area contributed by atoms with Crippen LogP contribution in [0, 0.1) is 0 Å². The number of Topliss-reactive ketones (excluding diaryl/α,β-unsaturated/α-hetero) is 1. The first-order chi connectivity index (χ1) is 7.74. The molecule has 3 nitrogen and oxygen atoms in total. The molecule has 0 aliphatic carbocycles. The van der Waals surface area contributed by atoms with E-state index in [0.717, 1.165) is 21.4 Å². The molecule has 3 rings (SSSR count). The largest absolute Gasteiger partial charge is 0.292 e. The predicted octanol–water partition coefficient (Wildman–Crippen LogP) is 2.90. The van der Waals surface area contributed by atoms with Crippen LogP contribution < -0.4 is 0 Å². The van der Waals surface area contributed by atoms with Crippen LogP contribution >= 0.6 is 15.9 Å². The zero-order chi connectivity index (χ0) is 11.1. The highest BCUT2D eigenvalue weighted by molar-refractivity contribution is 9.10. The van der Waals surface area contributed by atoms with E-state index >= 15 is 0 Å². The first-order valence-electron chi connectivity index (χ1n) is 5.11. The quantitative estimate of drug-likeness (QED) is 0.803. The summed E-state index contributed by atoms with van der Waals surface area (Å²) in [6.07, 6.45) is 0.586. The molecule has 0 fully saturated rings. The molecule has 0 unspecified atom stereocenters. The minimum absolute atomic E-state index is 0.191. The number of hydrogen-bond donors (Lipinski definition) is 0. The average Bonchev–Trinajstić information content (AvgIpc) is 2.83. The molecule has 1 aromatic carbocycles. The van der Waals surface area contributed by atoms with Crippen molar-refractivity contribution in [3.63, 3.8) is 0 Å². The lowest BCUT2D eigenvalue weighted by Crippen LogP contribution is -1.94. The van der Waals surface area contributed by atoms with Gasteiger partial charge in [-0.1, -0.05) is 28.1 Å². The van der Waals surface area contributed by atoms with E-state index in [0.29, 0.717) is 13.0 Å². The van der Waals surface area contributed by atoms with Gasteiger partial charge in [-0.2, -0.15) is 5.10 Å². The van der Waals surface area contributed by atoms with Gasteiger partial charge in [0.15, 0.2) is 5.78 Å². The summed E-state index contributed by atoms with van der Waals surface area (Å²) in [7, 11) is 0. The van der Waals surface area contributed by atoms with E-state index in [-0.39, 0.29) is 5.78 Å². The van der Waals surface area contributed by atoms with E-state index < -0.39 is 0 Å². The van der Waals surface area contributed by atoms with Crippen molar-refractivity contribution in [1.29, 1.82) is 0 Å². The maximum atomic E-state index is 11.5. The number of benzene rings is 1. The Morgan fingerprint density at radius 3 is 2.69 bits per heavy atom. The molecule has 0 spiro atoms. The molecule has 0 amide bonds. The summed E-state index contributed by atoms with van der Waals surface area (Å²) in [5.41, 5.74) is 2.64. The van der Waals surface area contributed by atoms with Crippen LogP contribution in [0.5, 0.6) is 0 Å². The van der Waals surface area contributed by atoms with E-state index in [2.05, 4.69) is 21.0 Å². The molecule has 1 aromatic heterocycles. The summed E-state index contributed by atoms with van der Waals surface area (Å²) in [6, 6.07) is 9.81. The van der Waals surface area contributed by atoms with Gasteiger partial charge in [0.1, 0.15) is 5.69 Å². The fourth-order valence-electron chi connectivity index (χ4n) is 1.91. The number of carbonyl (C=O) groups is 1. The topological polar surface area (TPSA) is 34.9 Å². The summed E-state index contributed by atoms with van der Waals surface area (Å²) >= 11 is 3.39. The minimum Gasteiger partial charge on any atom is -0.292 e. The molecule has 0 atom stereocenters. The molecule has 0 saturated heterocycles. The highest BCUT2D eigenvalue weighted by Gasteiger charge is 2.21. The van der Waals surface area contributed by atoms with Crippen LogP contribution in [0.4, 0.5) is 0 Å². The van der Waals surface area contributed by atoms with Crippen molar-refractivity contribution in [3.05, 3.63) is 40.5 Å². The maximum Gasteiger partial charge on any atom is 0.182 e. The number of halogens is 1. The standard InChI is InChI=1S/C12H9BrN2O/c13-9-3-1-8(2-4-9)10-7-11-12(16)5-6-15(11)14-10/h1-4,7H,5-6H2. The Balaban J connectivity index is 2.05. The van der Waals surface area contributed by atoms with Gasteiger partial charge in [0.2, 0.25) is 0 Å². The molecule has 2 aromatic rings. The molecule has 0 radical (unpaired) electrons. The summed E-state index contributed by atoms with van der Waals surface area (Å²) in [5, 5.41) is 4.42. The second-order valence-corrected chi connectivity index (χ2v) is 4.73. The molecule has 4 heteroatoms. The van der Waals surface area contributed by atoms with Gasteiger partial charge in [-0.15, -0.1) is 0 Å². The second kappa shape index (κ2) is 3.56. The molecule has 2 heterocycles. The van der Waals surface area contributed by atoms with Crippen LogP contribution in [-0.2, 0) is 6.54 Å². The van der Waals surface area contributed by atoms with E-state index in [1.165, 1.54) is 0 Å². The Labute approximate surface area is 101 Å². The number of ketones is 1. The first kappa shape index (κ1) is 9.78. The number of rotatable bonds is 1. The van der Waals surface area contributed by atoms with Gasteiger partial charge in [-0.25, -0.2) is 0 Å². The van der Waals surface area contributed by atoms with Crippen LogP contribution in [0.3, 0.4) is 0 Å². The van der Waals surface area contributed by atoms with Crippen LogP contribution in [0.2, 0.25) is 0 Å². The Bertz CT molecular complexity index is 557. The molecule has 1 aliphatic rings. The van der Waals surface area contributed by atoms with E-state index in [1.54, 1.807) is 4.68 Å². The molecule has 0 N–H and O–H groups in total. The van der Waals surface area contributed by atoms with Crippen LogP contribution in [-0.4, -0.2) is 15.6 Å². The molecule has 16 heavy (non-hydrogen) atoms. The normalized spacial score (nSPS) is 14.2. The highest BCUT2D eigenvalue weighted by Crippen LogP contribution is 2.24. The third kappa shape index (κ3) is 1.50. The SMILES string of the molecule is O=C1CCn2nc(-c3ccc(Br)cc3)cc21. The Kier molecular flexibility index (Phi) is 2.17. The number of aryl methyl sites for hydroxylation is 1. The lowest BCUT2D eigenvalue weighted by molar-refractivity contribution is 0.0994. The zero-order valence-corrected chi connectivity index (χ0v) is 10.1. The van der Waals surface area contributed by atoms with Crippen molar-refractivity contribution >= 4 is 21.7 Å². The third-order valence-electron chi connectivity index (χ3n) is 2.76.